The highest BCUT2D eigenvalue weighted by Gasteiger charge is 2.28. The maximum Gasteiger partial charge on any atom is 0.422 e. The third kappa shape index (κ3) is 9.16. The Bertz CT molecular complexity index is 512. The van der Waals surface area contributed by atoms with Crippen LogP contribution in [0.2, 0.25) is 0 Å². The summed E-state index contributed by atoms with van der Waals surface area (Å²) in [6, 6.07) is 0.958. The van der Waals surface area contributed by atoms with Gasteiger partial charge in [-0.3, -0.25) is 0 Å². The molecule has 0 saturated heterocycles. The number of rotatable bonds is 9. The number of urea groups is 1. The quantitative estimate of drug-likeness (QED) is 0.672. The zero-order valence-electron chi connectivity index (χ0n) is 13.8. The standard InChI is InChI=1S/C15H23F3N4O2/c1-3-4-5-6-11(2)22-14(23)19-8-12-7-13(21-10-20-12)24-9-15(16,17)18/h7,10-11H,3-6,8-9H2,1-2H3,(H2,19,22,23). The monoisotopic (exact) mass is 348 g/mol. The minimum atomic E-state index is -4.43. The van der Waals surface area contributed by atoms with Crippen LogP contribution < -0.4 is 15.4 Å². The molecule has 1 aromatic rings. The fourth-order valence-corrected chi connectivity index (χ4v) is 1.93. The van der Waals surface area contributed by atoms with Crippen LogP contribution in [0.4, 0.5) is 18.0 Å². The van der Waals surface area contributed by atoms with Gasteiger partial charge in [0.25, 0.3) is 0 Å². The first kappa shape index (κ1) is 20.0. The van der Waals surface area contributed by atoms with Gasteiger partial charge < -0.3 is 15.4 Å². The molecule has 0 fully saturated rings. The van der Waals surface area contributed by atoms with Crippen molar-refractivity contribution in [3.8, 4) is 5.88 Å². The molecular weight excluding hydrogens is 325 g/mol. The number of carbonyl (C=O) groups is 1. The number of alkyl halides is 3. The van der Waals surface area contributed by atoms with E-state index in [4.69, 9.17) is 0 Å². The van der Waals surface area contributed by atoms with Crippen LogP contribution in [-0.2, 0) is 6.54 Å². The van der Waals surface area contributed by atoms with E-state index in [1.54, 1.807) is 0 Å². The van der Waals surface area contributed by atoms with Crippen LogP contribution in [0.25, 0.3) is 0 Å². The third-order valence-electron chi connectivity index (χ3n) is 3.13. The minimum absolute atomic E-state index is 0.0487. The number of unbranched alkanes of at least 4 members (excludes halogenated alkanes) is 2. The van der Waals surface area contributed by atoms with Gasteiger partial charge in [-0.25, -0.2) is 14.8 Å². The second-order valence-electron chi connectivity index (χ2n) is 5.48. The molecule has 0 aliphatic carbocycles. The smallest absolute Gasteiger partial charge is 0.422 e. The van der Waals surface area contributed by atoms with Crippen molar-refractivity contribution in [1.82, 2.24) is 20.6 Å². The predicted molar refractivity (Wildman–Crippen MR) is 82.6 cm³/mol. The molecule has 0 saturated carbocycles. The van der Waals surface area contributed by atoms with E-state index in [1.165, 1.54) is 6.07 Å². The van der Waals surface area contributed by atoms with Crippen molar-refractivity contribution in [1.29, 1.82) is 0 Å². The summed E-state index contributed by atoms with van der Waals surface area (Å²) in [5, 5.41) is 5.40. The molecule has 1 atom stereocenters. The molecule has 9 heteroatoms. The molecule has 1 aromatic heterocycles. The summed E-state index contributed by atoms with van der Waals surface area (Å²) >= 11 is 0. The van der Waals surface area contributed by atoms with Gasteiger partial charge in [0.1, 0.15) is 6.33 Å². The van der Waals surface area contributed by atoms with Crippen molar-refractivity contribution >= 4 is 6.03 Å². The molecule has 1 unspecified atom stereocenters. The van der Waals surface area contributed by atoms with E-state index in [9.17, 15) is 18.0 Å². The van der Waals surface area contributed by atoms with Gasteiger partial charge in [-0.2, -0.15) is 13.2 Å². The summed E-state index contributed by atoms with van der Waals surface area (Å²) in [7, 11) is 0. The molecule has 6 nitrogen and oxygen atoms in total. The Balaban J connectivity index is 2.37. The predicted octanol–water partition coefficient (Wildman–Crippen LogP) is 3.19. The molecule has 0 spiro atoms. The van der Waals surface area contributed by atoms with Crippen LogP contribution >= 0.6 is 0 Å². The number of hydrogen-bond acceptors (Lipinski definition) is 4. The number of nitrogens with zero attached hydrogens (tertiary/aromatic N) is 2. The Kier molecular flexibility index (Phi) is 8.28. The van der Waals surface area contributed by atoms with Crippen LogP contribution in [0.3, 0.4) is 0 Å². The average Bonchev–Trinajstić information content (AvgIpc) is 2.51. The second-order valence-corrected chi connectivity index (χ2v) is 5.48. The number of amides is 2. The highest BCUT2D eigenvalue weighted by atomic mass is 19.4. The summed E-state index contributed by atoms with van der Waals surface area (Å²) in [5.41, 5.74) is 0.357. The molecule has 0 radical (unpaired) electrons. The number of hydrogen-bond donors (Lipinski definition) is 2. The Labute approximate surface area is 139 Å². The Morgan fingerprint density at radius 1 is 1.33 bits per heavy atom. The first-order valence-corrected chi connectivity index (χ1v) is 7.85. The number of halogens is 3. The first-order valence-electron chi connectivity index (χ1n) is 7.85. The Morgan fingerprint density at radius 2 is 2.08 bits per heavy atom. The lowest BCUT2D eigenvalue weighted by molar-refractivity contribution is -0.154. The molecule has 0 aliphatic rings. The van der Waals surface area contributed by atoms with E-state index in [2.05, 4.69) is 32.3 Å². The minimum Gasteiger partial charge on any atom is -0.468 e. The van der Waals surface area contributed by atoms with Crippen molar-refractivity contribution < 1.29 is 22.7 Å². The van der Waals surface area contributed by atoms with Crippen LogP contribution in [0, 0.1) is 0 Å². The van der Waals surface area contributed by atoms with Crippen molar-refractivity contribution in [2.24, 2.45) is 0 Å². The molecule has 2 N–H and O–H groups in total. The average molecular weight is 348 g/mol. The summed E-state index contributed by atoms with van der Waals surface area (Å²) < 4.78 is 40.8. The summed E-state index contributed by atoms with van der Waals surface area (Å²) in [4.78, 5) is 19.2. The van der Waals surface area contributed by atoms with Crippen molar-refractivity contribution in [2.75, 3.05) is 6.61 Å². The van der Waals surface area contributed by atoms with Gasteiger partial charge in [0, 0.05) is 12.1 Å². The van der Waals surface area contributed by atoms with E-state index in [1.807, 2.05) is 6.92 Å². The van der Waals surface area contributed by atoms with Crippen LogP contribution in [-0.4, -0.2) is 34.8 Å². The fourth-order valence-electron chi connectivity index (χ4n) is 1.93. The molecule has 2 amide bonds. The van der Waals surface area contributed by atoms with Gasteiger partial charge >= 0.3 is 12.2 Å². The van der Waals surface area contributed by atoms with E-state index in [0.717, 1.165) is 32.0 Å². The maximum atomic E-state index is 12.1. The second kappa shape index (κ2) is 9.94. The Hall–Kier alpha value is -2.06. The van der Waals surface area contributed by atoms with E-state index >= 15 is 0 Å². The summed E-state index contributed by atoms with van der Waals surface area (Å²) in [6.45, 7) is 2.67. The zero-order valence-corrected chi connectivity index (χ0v) is 13.8. The normalized spacial score (nSPS) is 12.5. The van der Waals surface area contributed by atoms with Crippen LogP contribution in [0.5, 0.6) is 5.88 Å². The molecule has 136 valence electrons. The van der Waals surface area contributed by atoms with Gasteiger partial charge in [-0.05, 0) is 13.3 Å². The first-order chi connectivity index (χ1) is 11.3. The lowest BCUT2D eigenvalue weighted by atomic mass is 10.1. The molecule has 1 heterocycles. The van der Waals surface area contributed by atoms with E-state index in [0.29, 0.717) is 5.69 Å². The summed E-state index contributed by atoms with van der Waals surface area (Å²) in [6.07, 6.45) is 0.833. The number of nitrogens with one attached hydrogen (secondary N) is 2. The number of carbonyl (C=O) groups excluding carboxylic acids is 1. The Morgan fingerprint density at radius 3 is 2.75 bits per heavy atom. The van der Waals surface area contributed by atoms with Crippen LogP contribution in [0.15, 0.2) is 12.4 Å². The van der Waals surface area contributed by atoms with Gasteiger partial charge in [0.2, 0.25) is 5.88 Å². The van der Waals surface area contributed by atoms with Crippen molar-refractivity contribution in [2.45, 2.75) is 58.3 Å². The fraction of sp³-hybridized carbons (Fsp3) is 0.667. The maximum absolute atomic E-state index is 12.1. The molecule has 0 aliphatic heterocycles. The van der Waals surface area contributed by atoms with Crippen LogP contribution in [0.1, 0.15) is 45.2 Å². The largest absolute Gasteiger partial charge is 0.468 e. The molecular formula is C15H23F3N4O2. The number of aromatic nitrogens is 2. The summed E-state index contributed by atoms with van der Waals surface area (Å²) in [5.74, 6) is -0.188. The van der Waals surface area contributed by atoms with E-state index < -0.39 is 12.8 Å². The number of ether oxygens (including phenoxy) is 1. The molecule has 0 bridgehead atoms. The van der Waals surface area contributed by atoms with Gasteiger partial charge in [0.05, 0.1) is 12.2 Å². The van der Waals surface area contributed by atoms with Gasteiger partial charge in [-0.1, -0.05) is 26.2 Å². The topological polar surface area (TPSA) is 76.1 Å². The lowest BCUT2D eigenvalue weighted by Crippen LogP contribution is -2.40. The lowest BCUT2D eigenvalue weighted by Gasteiger charge is -2.14. The van der Waals surface area contributed by atoms with E-state index in [-0.39, 0.29) is 24.5 Å². The highest BCUT2D eigenvalue weighted by Crippen LogP contribution is 2.16. The van der Waals surface area contributed by atoms with Crippen molar-refractivity contribution in [3.05, 3.63) is 18.1 Å². The highest BCUT2D eigenvalue weighted by molar-refractivity contribution is 5.74. The molecule has 1 rings (SSSR count). The van der Waals surface area contributed by atoms with Gasteiger partial charge in [0.15, 0.2) is 6.61 Å². The van der Waals surface area contributed by atoms with Crippen molar-refractivity contribution in [3.63, 3.8) is 0 Å². The molecule has 0 aromatic carbocycles. The third-order valence-corrected chi connectivity index (χ3v) is 3.13. The zero-order chi connectivity index (χ0) is 18.0. The van der Waals surface area contributed by atoms with Gasteiger partial charge in [-0.15, -0.1) is 0 Å². The molecule has 24 heavy (non-hydrogen) atoms. The SMILES string of the molecule is CCCCCC(C)NC(=O)NCc1cc(OCC(F)(F)F)ncn1.